The summed E-state index contributed by atoms with van der Waals surface area (Å²) in [4.78, 5) is 36.1. The van der Waals surface area contributed by atoms with Gasteiger partial charge in [0.25, 0.3) is 0 Å². The SMILES string of the molecule is C=CC(=O)Oc1ccc(C(=O)Oc2ccc(C(=O)Oc3ccc(CC)cc3)cc2)cc1C. The summed E-state index contributed by atoms with van der Waals surface area (Å²) in [6.07, 6.45) is 1.96. The Balaban J connectivity index is 1.62. The van der Waals surface area contributed by atoms with Gasteiger partial charge in [-0.15, -0.1) is 0 Å². The van der Waals surface area contributed by atoms with E-state index in [1.165, 1.54) is 36.4 Å². The third-order valence-corrected chi connectivity index (χ3v) is 4.63. The van der Waals surface area contributed by atoms with Crippen molar-refractivity contribution in [3.05, 3.63) is 102 Å². The number of carbonyl (C=O) groups excluding carboxylic acids is 3. The van der Waals surface area contributed by atoms with Crippen molar-refractivity contribution in [3.63, 3.8) is 0 Å². The van der Waals surface area contributed by atoms with Gasteiger partial charge in [-0.25, -0.2) is 14.4 Å². The zero-order valence-electron chi connectivity index (χ0n) is 17.8. The molecule has 0 bridgehead atoms. The lowest BCUT2D eigenvalue weighted by molar-refractivity contribution is -0.129. The minimum absolute atomic E-state index is 0.277. The van der Waals surface area contributed by atoms with Crippen LogP contribution in [0.2, 0.25) is 0 Å². The second-order valence-electron chi connectivity index (χ2n) is 6.91. The van der Waals surface area contributed by atoms with Crippen molar-refractivity contribution in [1.29, 1.82) is 0 Å². The molecule has 3 aromatic rings. The van der Waals surface area contributed by atoms with Crippen molar-refractivity contribution in [3.8, 4) is 17.2 Å². The molecule has 0 N–H and O–H groups in total. The van der Waals surface area contributed by atoms with Crippen molar-refractivity contribution in [2.45, 2.75) is 20.3 Å². The minimum atomic E-state index is -0.583. The van der Waals surface area contributed by atoms with Gasteiger partial charge in [0.05, 0.1) is 11.1 Å². The summed E-state index contributed by atoms with van der Waals surface area (Å²) in [6.45, 7) is 7.10. The van der Waals surface area contributed by atoms with E-state index in [0.29, 0.717) is 28.2 Å². The summed E-state index contributed by atoms with van der Waals surface area (Å²) in [5.74, 6) is -0.605. The number of benzene rings is 3. The van der Waals surface area contributed by atoms with Gasteiger partial charge in [-0.05, 0) is 79.1 Å². The Hall–Kier alpha value is -4.19. The molecule has 3 rings (SSSR count). The lowest BCUT2D eigenvalue weighted by atomic mass is 10.1. The van der Waals surface area contributed by atoms with Gasteiger partial charge in [0.2, 0.25) is 0 Å². The molecular formula is C26H22O6. The van der Waals surface area contributed by atoms with Gasteiger partial charge >= 0.3 is 17.9 Å². The van der Waals surface area contributed by atoms with Crippen LogP contribution in [0.5, 0.6) is 17.2 Å². The Morgan fingerprint density at radius 3 is 1.84 bits per heavy atom. The number of ether oxygens (including phenoxy) is 3. The quantitative estimate of drug-likeness (QED) is 0.295. The van der Waals surface area contributed by atoms with E-state index in [1.807, 2.05) is 19.1 Å². The summed E-state index contributed by atoms with van der Waals surface area (Å²) in [5.41, 5.74) is 2.37. The van der Waals surface area contributed by atoms with Gasteiger partial charge < -0.3 is 14.2 Å². The smallest absolute Gasteiger partial charge is 0.343 e. The zero-order chi connectivity index (χ0) is 23.1. The van der Waals surface area contributed by atoms with Gasteiger partial charge in [-0.2, -0.15) is 0 Å². The molecular weight excluding hydrogens is 408 g/mol. The van der Waals surface area contributed by atoms with Crippen LogP contribution in [0.3, 0.4) is 0 Å². The van der Waals surface area contributed by atoms with Crippen LogP contribution in [0.4, 0.5) is 0 Å². The number of carbonyl (C=O) groups is 3. The molecule has 0 atom stereocenters. The molecule has 0 saturated carbocycles. The predicted octanol–water partition coefficient (Wildman–Crippen LogP) is 5.09. The average Bonchev–Trinajstić information content (AvgIpc) is 2.81. The van der Waals surface area contributed by atoms with Crippen LogP contribution < -0.4 is 14.2 Å². The normalized spacial score (nSPS) is 10.2. The highest BCUT2D eigenvalue weighted by atomic mass is 16.5. The van der Waals surface area contributed by atoms with Crippen LogP contribution in [-0.4, -0.2) is 17.9 Å². The lowest BCUT2D eigenvalue weighted by Gasteiger charge is -2.09. The molecule has 0 aliphatic carbocycles. The second kappa shape index (κ2) is 10.2. The predicted molar refractivity (Wildman–Crippen MR) is 119 cm³/mol. The third kappa shape index (κ3) is 5.70. The Bertz CT molecular complexity index is 1140. The molecule has 32 heavy (non-hydrogen) atoms. The monoisotopic (exact) mass is 430 g/mol. The highest BCUT2D eigenvalue weighted by Gasteiger charge is 2.14. The maximum absolute atomic E-state index is 12.4. The van der Waals surface area contributed by atoms with Gasteiger partial charge in [-0.3, -0.25) is 0 Å². The van der Waals surface area contributed by atoms with Crippen LogP contribution in [0.25, 0.3) is 0 Å². The first-order valence-corrected chi connectivity index (χ1v) is 9.98. The molecule has 0 unspecified atom stereocenters. The van der Waals surface area contributed by atoms with Crippen molar-refractivity contribution < 1.29 is 28.6 Å². The number of rotatable bonds is 7. The fraction of sp³-hybridized carbons (Fsp3) is 0.115. The molecule has 0 aliphatic rings. The second-order valence-corrected chi connectivity index (χ2v) is 6.91. The minimum Gasteiger partial charge on any atom is -0.423 e. The molecule has 0 spiro atoms. The van der Waals surface area contributed by atoms with Gasteiger partial charge in [-0.1, -0.05) is 25.6 Å². The first-order chi connectivity index (χ1) is 15.4. The fourth-order valence-corrected chi connectivity index (χ4v) is 2.83. The van der Waals surface area contributed by atoms with Crippen LogP contribution >= 0.6 is 0 Å². The summed E-state index contributed by atoms with van der Waals surface area (Å²) in [6, 6.07) is 18.0. The molecule has 0 aromatic heterocycles. The molecule has 0 saturated heterocycles. The molecule has 0 fully saturated rings. The Kier molecular flexibility index (Phi) is 7.18. The van der Waals surface area contributed by atoms with Crippen molar-refractivity contribution in [2.75, 3.05) is 0 Å². The van der Waals surface area contributed by atoms with Gasteiger partial charge in [0.15, 0.2) is 0 Å². The first kappa shape index (κ1) is 22.5. The van der Waals surface area contributed by atoms with Crippen LogP contribution in [0.1, 0.15) is 38.8 Å². The molecule has 0 amide bonds. The fourth-order valence-electron chi connectivity index (χ4n) is 2.83. The first-order valence-electron chi connectivity index (χ1n) is 9.98. The topological polar surface area (TPSA) is 78.9 Å². The van der Waals surface area contributed by atoms with Crippen LogP contribution in [0.15, 0.2) is 79.4 Å². The maximum atomic E-state index is 12.4. The van der Waals surface area contributed by atoms with E-state index in [9.17, 15) is 14.4 Å². The Morgan fingerprint density at radius 2 is 1.31 bits per heavy atom. The van der Waals surface area contributed by atoms with Gasteiger partial charge in [0.1, 0.15) is 17.2 Å². The summed E-state index contributed by atoms with van der Waals surface area (Å²) in [5, 5.41) is 0. The standard InChI is InChI=1S/C26H22O6/c1-4-18-6-11-21(12-7-18)30-25(28)19-8-13-22(14-9-19)31-26(29)20-10-15-23(17(3)16-20)32-24(27)5-2/h5-16H,2,4H2,1,3H3. The zero-order valence-corrected chi connectivity index (χ0v) is 17.8. The molecule has 0 heterocycles. The number of aryl methyl sites for hydroxylation is 2. The van der Waals surface area contributed by atoms with Crippen molar-refractivity contribution in [1.82, 2.24) is 0 Å². The lowest BCUT2D eigenvalue weighted by Crippen LogP contribution is -2.11. The van der Waals surface area contributed by atoms with Gasteiger partial charge in [0, 0.05) is 6.08 Å². The van der Waals surface area contributed by atoms with Crippen LogP contribution in [0, 0.1) is 6.92 Å². The summed E-state index contributed by atoms with van der Waals surface area (Å²) < 4.78 is 15.8. The van der Waals surface area contributed by atoms with E-state index in [2.05, 4.69) is 6.58 Å². The largest absolute Gasteiger partial charge is 0.423 e. The van der Waals surface area contributed by atoms with Crippen LogP contribution in [-0.2, 0) is 11.2 Å². The summed E-state index contributed by atoms with van der Waals surface area (Å²) in [7, 11) is 0. The highest BCUT2D eigenvalue weighted by Crippen LogP contribution is 2.22. The van der Waals surface area contributed by atoms with E-state index < -0.39 is 17.9 Å². The molecule has 6 heteroatoms. The average molecular weight is 430 g/mol. The summed E-state index contributed by atoms with van der Waals surface area (Å²) >= 11 is 0. The van der Waals surface area contributed by atoms with Crippen molar-refractivity contribution in [2.24, 2.45) is 0 Å². The number of hydrogen-bond acceptors (Lipinski definition) is 6. The van der Waals surface area contributed by atoms with E-state index in [4.69, 9.17) is 14.2 Å². The van der Waals surface area contributed by atoms with E-state index >= 15 is 0 Å². The third-order valence-electron chi connectivity index (χ3n) is 4.63. The maximum Gasteiger partial charge on any atom is 0.343 e. The van der Waals surface area contributed by atoms with E-state index in [-0.39, 0.29) is 5.75 Å². The van der Waals surface area contributed by atoms with Crippen molar-refractivity contribution >= 4 is 17.9 Å². The number of hydrogen-bond donors (Lipinski definition) is 0. The molecule has 0 aliphatic heterocycles. The molecule has 6 nitrogen and oxygen atoms in total. The Morgan fingerprint density at radius 1 is 0.781 bits per heavy atom. The highest BCUT2D eigenvalue weighted by molar-refractivity contribution is 5.93. The molecule has 3 aromatic carbocycles. The Labute approximate surface area is 186 Å². The molecule has 162 valence electrons. The van der Waals surface area contributed by atoms with E-state index in [1.54, 1.807) is 25.1 Å². The number of esters is 3. The van der Waals surface area contributed by atoms with E-state index in [0.717, 1.165) is 18.1 Å². The molecule has 0 radical (unpaired) electrons.